The van der Waals surface area contributed by atoms with Crippen molar-refractivity contribution in [3.8, 4) is 0 Å². The maximum absolute atomic E-state index is 8.92. The fourth-order valence-electron chi connectivity index (χ4n) is 1.80. The smallest absolute Gasteiger partial charge is 0.0584 e. The number of nitrogens with zero attached hydrogens (tertiary/aromatic N) is 1. The van der Waals surface area contributed by atoms with Crippen LogP contribution in [-0.2, 0) is 0 Å². The Balaban J connectivity index is 2.32. The second kappa shape index (κ2) is 4.07. The lowest BCUT2D eigenvalue weighted by Gasteiger charge is -2.29. The third kappa shape index (κ3) is 2.17. The van der Waals surface area contributed by atoms with Gasteiger partial charge in [-0.15, -0.1) is 0 Å². The Morgan fingerprint density at radius 1 is 1.45 bits per heavy atom. The van der Waals surface area contributed by atoms with Gasteiger partial charge in [-0.05, 0) is 26.8 Å². The summed E-state index contributed by atoms with van der Waals surface area (Å²) in [7, 11) is 2.12. The largest absolute Gasteiger partial charge is 0.395 e. The first-order valence-electron chi connectivity index (χ1n) is 4.58. The zero-order valence-corrected chi connectivity index (χ0v) is 7.58. The minimum Gasteiger partial charge on any atom is -0.395 e. The van der Waals surface area contributed by atoms with Crippen molar-refractivity contribution in [2.24, 2.45) is 0 Å². The average Bonchev–Trinajstić information content (AvgIpc) is 2.53. The molecule has 1 aliphatic carbocycles. The van der Waals surface area contributed by atoms with Crippen molar-refractivity contribution in [2.75, 3.05) is 13.7 Å². The topological polar surface area (TPSA) is 23.5 Å². The van der Waals surface area contributed by atoms with Gasteiger partial charge in [0.1, 0.15) is 0 Å². The lowest BCUT2D eigenvalue weighted by Crippen LogP contribution is -2.38. The molecule has 0 saturated heterocycles. The van der Waals surface area contributed by atoms with E-state index in [0.29, 0.717) is 6.04 Å². The predicted octanol–water partition coefficient (Wildman–Crippen LogP) is 1.24. The summed E-state index contributed by atoms with van der Waals surface area (Å²) in [4.78, 5) is 2.31. The number of aliphatic hydroxyl groups excluding tert-OH is 1. The molecule has 1 fully saturated rings. The van der Waals surface area contributed by atoms with E-state index in [1.54, 1.807) is 0 Å². The highest BCUT2D eigenvalue weighted by Crippen LogP contribution is 2.23. The molecule has 0 aliphatic heterocycles. The van der Waals surface area contributed by atoms with Crippen LogP contribution in [0, 0.1) is 0 Å². The Hall–Kier alpha value is -0.0800. The molecule has 0 aromatic rings. The van der Waals surface area contributed by atoms with Gasteiger partial charge in [-0.2, -0.15) is 0 Å². The number of likely N-dealkylation sites (N-methyl/N-ethyl adjacent to an activating group) is 1. The minimum absolute atomic E-state index is 0.285. The first kappa shape index (κ1) is 9.01. The maximum atomic E-state index is 8.92. The molecule has 2 heteroatoms. The van der Waals surface area contributed by atoms with Gasteiger partial charge in [-0.3, -0.25) is 4.90 Å². The molecule has 1 atom stereocenters. The van der Waals surface area contributed by atoms with E-state index in [9.17, 15) is 0 Å². The summed E-state index contributed by atoms with van der Waals surface area (Å²) in [6.07, 6.45) is 5.38. The minimum atomic E-state index is 0.285. The summed E-state index contributed by atoms with van der Waals surface area (Å²) in [6, 6.07) is 1.07. The Labute approximate surface area is 69.2 Å². The molecular formula is C9H19NO. The molecule has 0 amide bonds. The molecule has 0 radical (unpaired) electrons. The van der Waals surface area contributed by atoms with Gasteiger partial charge >= 0.3 is 0 Å². The zero-order valence-electron chi connectivity index (χ0n) is 7.58. The molecule has 0 aromatic carbocycles. The number of hydrogen-bond acceptors (Lipinski definition) is 2. The Morgan fingerprint density at radius 3 is 2.45 bits per heavy atom. The summed E-state index contributed by atoms with van der Waals surface area (Å²) in [6.45, 7) is 2.37. The van der Waals surface area contributed by atoms with E-state index < -0.39 is 0 Å². The van der Waals surface area contributed by atoms with Crippen LogP contribution in [0.3, 0.4) is 0 Å². The van der Waals surface area contributed by atoms with Gasteiger partial charge in [-0.1, -0.05) is 12.8 Å². The van der Waals surface area contributed by atoms with Crippen LogP contribution in [0.5, 0.6) is 0 Å². The van der Waals surface area contributed by atoms with Crippen LogP contribution in [0.1, 0.15) is 32.6 Å². The van der Waals surface area contributed by atoms with Crippen LogP contribution in [-0.4, -0.2) is 35.7 Å². The molecular weight excluding hydrogens is 138 g/mol. The van der Waals surface area contributed by atoms with Crippen LogP contribution in [0.15, 0.2) is 0 Å². The molecule has 1 aliphatic rings. The van der Waals surface area contributed by atoms with E-state index in [-0.39, 0.29) is 6.61 Å². The fraction of sp³-hybridized carbons (Fsp3) is 1.00. The number of aliphatic hydroxyl groups is 1. The third-order valence-electron chi connectivity index (χ3n) is 2.86. The Morgan fingerprint density at radius 2 is 2.00 bits per heavy atom. The van der Waals surface area contributed by atoms with Gasteiger partial charge < -0.3 is 5.11 Å². The highest BCUT2D eigenvalue weighted by atomic mass is 16.3. The van der Waals surface area contributed by atoms with Crippen molar-refractivity contribution in [1.29, 1.82) is 0 Å². The van der Waals surface area contributed by atoms with E-state index in [0.717, 1.165) is 6.04 Å². The number of hydrogen-bond donors (Lipinski definition) is 1. The first-order chi connectivity index (χ1) is 5.25. The number of rotatable bonds is 3. The zero-order chi connectivity index (χ0) is 8.27. The molecule has 0 spiro atoms. The molecule has 1 N–H and O–H groups in total. The molecule has 1 unspecified atom stereocenters. The van der Waals surface area contributed by atoms with Crippen molar-refractivity contribution in [3.63, 3.8) is 0 Å². The third-order valence-corrected chi connectivity index (χ3v) is 2.86. The Kier molecular flexibility index (Phi) is 3.34. The van der Waals surface area contributed by atoms with Crippen LogP contribution in [0.25, 0.3) is 0 Å². The van der Waals surface area contributed by atoms with Gasteiger partial charge in [0.05, 0.1) is 6.61 Å². The monoisotopic (exact) mass is 157 g/mol. The Bertz CT molecular complexity index is 110. The lowest BCUT2D eigenvalue weighted by molar-refractivity contribution is 0.122. The standard InChI is InChI=1S/C9H19NO/c1-8(7-11)10(2)9-5-3-4-6-9/h8-9,11H,3-7H2,1-2H3. The summed E-state index contributed by atoms with van der Waals surface area (Å²) in [5.41, 5.74) is 0. The highest BCUT2D eigenvalue weighted by Gasteiger charge is 2.22. The molecule has 0 aromatic heterocycles. The molecule has 1 saturated carbocycles. The summed E-state index contributed by atoms with van der Waals surface area (Å²) in [5.74, 6) is 0. The van der Waals surface area contributed by atoms with Crippen LogP contribution < -0.4 is 0 Å². The van der Waals surface area contributed by atoms with Gasteiger partial charge in [0.2, 0.25) is 0 Å². The van der Waals surface area contributed by atoms with Crippen molar-refractivity contribution >= 4 is 0 Å². The van der Waals surface area contributed by atoms with E-state index in [1.807, 2.05) is 0 Å². The van der Waals surface area contributed by atoms with Gasteiger partial charge in [0.25, 0.3) is 0 Å². The van der Waals surface area contributed by atoms with E-state index in [2.05, 4.69) is 18.9 Å². The summed E-state index contributed by atoms with van der Waals surface area (Å²) in [5, 5.41) is 8.92. The van der Waals surface area contributed by atoms with Gasteiger partial charge in [0.15, 0.2) is 0 Å². The highest BCUT2D eigenvalue weighted by molar-refractivity contribution is 4.78. The molecule has 2 nitrogen and oxygen atoms in total. The van der Waals surface area contributed by atoms with Crippen LogP contribution >= 0.6 is 0 Å². The van der Waals surface area contributed by atoms with Gasteiger partial charge in [0, 0.05) is 12.1 Å². The molecule has 1 rings (SSSR count). The van der Waals surface area contributed by atoms with E-state index >= 15 is 0 Å². The quantitative estimate of drug-likeness (QED) is 0.666. The second-order valence-corrected chi connectivity index (χ2v) is 3.64. The average molecular weight is 157 g/mol. The maximum Gasteiger partial charge on any atom is 0.0584 e. The summed E-state index contributed by atoms with van der Waals surface area (Å²) >= 11 is 0. The van der Waals surface area contributed by atoms with Crippen molar-refractivity contribution in [3.05, 3.63) is 0 Å². The molecule has 66 valence electrons. The molecule has 0 bridgehead atoms. The van der Waals surface area contributed by atoms with Crippen molar-refractivity contribution in [2.45, 2.75) is 44.7 Å². The lowest BCUT2D eigenvalue weighted by atomic mass is 10.2. The molecule has 0 heterocycles. The molecule has 11 heavy (non-hydrogen) atoms. The van der Waals surface area contributed by atoms with Gasteiger partial charge in [-0.25, -0.2) is 0 Å². The van der Waals surface area contributed by atoms with E-state index in [4.69, 9.17) is 5.11 Å². The first-order valence-corrected chi connectivity index (χ1v) is 4.58. The van der Waals surface area contributed by atoms with Crippen molar-refractivity contribution in [1.82, 2.24) is 4.90 Å². The van der Waals surface area contributed by atoms with Crippen LogP contribution in [0.2, 0.25) is 0 Å². The second-order valence-electron chi connectivity index (χ2n) is 3.64. The fourth-order valence-corrected chi connectivity index (χ4v) is 1.80. The normalized spacial score (nSPS) is 22.9. The van der Waals surface area contributed by atoms with E-state index in [1.165, 1.54) is 25.7 Å². The SMILES string of the molecule is CC(CO)N(C)C1CCCC1. The predicted molar refractivity (Wildman–Crippen MR) is 46.6 cm³/mol. The van der Waals surface area contributed by atoms with Crippen molar-refractivity contribution < 1.29 is 5.11 Å². The van der Waals surface area contributed by atoms with Crippen LogP contribution in [0.4, 0.5) is 0 Å². The summed E-state index contributed by atoms with van der Waals surface area (Å²) < 4.78 is 0.